The molecule has 1 atom stereocenters. The standard InChI is InChI=1S/C16H29N3/c1-5-13-6-8-14(9-7-13)16(17-3)11-15-10-12(2)18-19(15)4/h10,13-14,16-17H,5-9,11H2,1-4H3. The van der Waals surface area contributed by atoms with Crippen LogP contribution in [0.4, 0.5) is 0 Å². The van der Waals surface area contributed by atoms with Gasteiger partial charge in [-0.1, -0.05) is 26.2 Å². The predicted octanol–water partition coefficient (Wildman–Crippen LogP) is 3.08. The van der Waals surface area contributed by atoms with Crippen LogP contribution in [0.25, 0.3) is 0 Å². The Bertz CT molecular complexity index is 389. The maximum Gasteiger partial charge on any atom is 0.0596 e. The number of rotatable bonds is 5. The maximum absolute atomic E-state index is 4.46. The van der Waals surface area contributed by atoms with E-state index < -0.39 is 0 Å². The molecule has 0 aliphatic heterocycles. The molecule has 0 bridgehead atoms. The first-order chi connectivity index (χ1) is 9.13. The Hall–Kier alpha value is -0.830. The van der Waals surface area contributed by atoms with Crippen LogP contribution >= 0.6 is 0 Å². The molecule has 1 heterocycles. The van der Waals surface area contributed by atoms with Crippen molar-refractivity contribution in [3.63, 3.8) is 0 Å². The summed E-state index contributed by atoms with van der Waals surface area (Å²) in [7, 11) is 4.17. The van der Waals surface area contributed by atoms with Gasteiger partial charge in [-0.2, -0.15) is 5.10 Å². The highest BCUT2D eigenvalue weighted by Crippen LogP contribution is 2.33. The molecule has 1 fully saturated rings. The summed E-state index contributed by atoms with van der Waals surface area (Å²) in [6, 6.07) is 2.83. The fourth-order valence-corrected chi connectivity index (χ4v) is 3.58. The van der Waals surface area contributed by atoms with Gasteiger partial charge in [-0.3, -0.25) is 4.68 Å². The normalized spacial score (nSPS) is 25.5. The monoisotopic (exact) mass is 263 g/mol. The highest BCUT2D eigenvalue weighted by Gasteiger charge is 2.26. The SMILES string of the molecule is CCC1CCC(C(Cc2cc(C)nn2C)NC)CC1. The quantitative estimate of drug-likeness (QED) is 0.885. The first kappa shape index (κ1) is 14.6. The highest BCUT2D eigenvalue weighted by molar-refractivity contribution is 5.10. The zero-order valence-electron chi connectivity index (χ0n) is 12.9. The Kier molecular flexibility index (Phi) is 5.03. The van der Waals surface area contributed by atoms with Gasteiger partial charge in [0.15, 0.2) is 0 Å². The summed E-state index contributed by atoms with van der Waals surface area (Å²) in [5, 5.41) is 8.01. The summed E-state index contributed by atoms with van der Waals surface area (Å²) in [5.41, 5.74) is 2.48. The second-order valence-electron chi connectivity index (χ2n) is 6.19. The predicted molar refractivity (Wildman–Crippen MR) is 80.2 cm³/mol. The topological polar surface area (TPSA) is 29.9 Å². The van der Waals surface area contributed by atoms with Gasteiger partial charge in [-0.25, -0.2) is 0 Å². The minimum Gasteiger partial charge on any atom is -0.316 e. The average molecular weight is 263 g/mol. The molecule has 1 saturated carbocycles. The first-order valence-electron chi connectivity index (χ1n) is 7.80. The van der Waals surface area contributed by atoms with Crippen molar-refractivity contribution < 1.29 is 0 Å². The Morgan fingerprint density at radius 2 is 2.05 bits per heavy atom. The van der Waals surface area contributed by atoms with Crippen LogP contribution < -0.4 is 5.32 Å². The molecule has 0 spiro atoms. The maximum atomic E-state index is 4.46. The van der Waals surface area contributed by atoms with Gasteiger partial charge in [0.1, 0.15) is 0 Å². The third-order valence-corrected chi connectivity index (χ3v) is 4.94. The fourth-order valence-electron chi connectivity index (χ4n) is 3.58. The zero-order chi connectivity index (χ0) is 13.8. The molecule has 1 aliphatic rings. The lowest BCUT2D eigenvalue weighted by atomic mass is 9.76. The third-order valence-electron chi connectivity index (χ3n) is 4.94. The van der Waals surface area contributed by atoms with Crippen molar-refractivity contribution in [1.82, 2.24) is 15.1 Å². The molecule has 3 heteroatoms. The van der Waals surface area contributed by atoms with E-state index >= 15 is 0 Å². The molecule has 0 saturated heterocycles. The molecule has 0 amide bonds. The number of nitrogens with zero attached hydrogens (tertiary/aromatic N) is 2. The number of hydrogen-bond acceptors (Lipinski definition) is 2. The highest BCUT2D eigenvalue weighted by atomic mass is 15.3. The van der Waals surface area contributed by atoms with Crippen molar-refractivity contribution in [2.45, 2.75) is 58.4 Å². The Balaban J connectivity index is 1.95. The van der Waals surface area contributed by atoms with Crippen molar-refractivity contribution in [3.05, 3.63) is 17.5 Å². The smallest absolute Gasteiger partial charge is 0.0596 e. The van der Waals surface area contributed by atoms with Gasteiger partial charge in [0.2, 0.25) is 0 Å². The molecule has 1 aromatic rings. The van der Waals surface area contributed by atoms with E-state index in [0.717, 1.165) is 24.0 Å². The van der Waals surface area contributed by atoms with Crippen LogP contribution in [0, 0.1) is 18.8 Å². The molecule has 0 aromatic carbocycles. The van der Waals surface area contributed by atoms with Crippen LogP contribution in [0.1, 0.15) is 50.4 Å². The minimum atomic E-state index is 0.604. The van der Waals surface area contributed by atoms with E-state index in [9.17, 15) is 0 Å². The molecule has 0 radical (unpaired) electrons. The minimum absolute atomic E-state index is 0.604. The van der Waals surface area contributed by atoms with Crippen LogP contribution in [0.5, 0.6) is 0 Å². The fraction of sp³-hybridized carbons (Fsp3) is 0.812. The third kappa shape index (κ3) is 3.59. The summed E-state index contributed by atoms with van der Waals surface area (Å²) in [6.45, 7) is 4.41. The summed E-state index contributed by atoms with van der Waals surface area (Å²) in [5.74, 6) is 1.82. The number of aryl methyl sites for hydroxylation is 2. The van der Waals surface area contributed by atoms with Crippen molar-refractivity contribution in [1.29, 1.82) is 0 Å². The molecule has 1 unspecified atom stereocenters. The second-order valence-corrected chi connectivity index (χ2v) is 6.19. The van der Waals surface area contributed by atoms with Crippen molar-refractivity contribution in [2.24, 2.45) is 18.9 Å². The van der Waals surface area contributed by atoms with Gasteiger partial charge < -0.3 is 5.32 Å². The van der Waals surface area contributed by atoms with Gasteiger partial charge in [0.25, 0.3) is 0 Å². The van der Waals surface area contributed by atoms with Crippen molar-refractivity contribution in [2.75, 3.05) is 7.05 Å². The van der Waals surface area contributed by atoms with Gasteiger partial charge in [0, 0.05) is 25.2 Å². The van der Waals surface area contributed by atoms with Crippen LogP contribution in [-0.4, -0.2) is 22.9 Å². The van der Waals surface area contributed by atoms with Gasteiger partial charge in [-0.15, -0.1) is 0 Å². The lowest BCUT2D eigenvalue weighted by molar-refractivity contribution is 0.220. The molecule has 1 N–H and O–H groups in total. The molecular formula is C16H29N3. The van der Waals surface area contributed by atoms with E-state index in [-0.39, 0.29) is 0 Å². The molecule has 2 rings (SSSR count). The van der Waals surface area contributed by atoms with Gasteiger partial charge in [0.05, 0.1) is 5.69 Å². The molecule has 19 heavy (non-hydrogen) atoms. The Morgan fingerprint density at radius 3 is 2.53 bits per heavy atom. The number of nitrogens with one attached hydrogen (secondary N) is 1. The molecule has 108 valence electrons. The van der Waals surface area contributed by atoms with Gasteiger partial charge >= 0.3 is 0 Å². The van der Waals surface area contributed by atoms with Crippen LogP contribution in [0.15, 0.2) is 6.07 Å². The zero-order valence-corrected chi connectivity index (χ0v) is 12.9. The summed E-state index contributed by atoms with van der Waals surface area (Å²) < 4.78 is 2.04. The average Bonchev–Trinajstić information content (AvgIpc) is 2.74. The second kappa shape index (κ2) is 6.56. The first-order valence-corrected chi connectivity index (χ1v) is 7.80. The largest absolute Gasteiger partial charge is 0.316 e. The summed E-state index contributed by atoms with van der Waals surface area (Å²) in [4.78, 5) is 0. The molecular weight excluding hydrogens is 234 g/mol. The van der Waals surface area contributed by atoms with E-state index in [4.69, 9.17) is 0 Å². The lowest BCUT2D eigenvalue weighted by Gasteiger charge is -2.33. The summed E-state index contributed by atoms with van der Waals surface area (Å²) >= 11 is 0. The Labute approximate surface area is 117 Å². The number of likely N-dealkylation sites (N-methyl/N-ethyl adjacent to an activating group) is 1. The van der Waals surface area contributed by atoms with Crippen LogP contribution in [0.2, 0.25) is 0 Å². The van der Waals surface area contributed by atoms with E-state index in [2.05, 4.69) is 44.4 Å². The number of hydrogen-bond donors (Lipinski definition) is 1. The van der Waals surface area contributed by atoms with Crippen LogP contribution in [0.3, 0.4) is 0 Å². The lowest BCUT2D eigenvalue weighted by Crippen LogP contribution is -2.38. The van der Waals surface area contributed by atoms with E-state index in [0.29, 0.717) is 6.04 Å². The van der Waals surface area contributed by atoms with E-state index in [1.807, 2.05) is 4.68 Å². The molecule has 1 aliphatic carbocycles. The van der Waals surface area contributed by atoms with E-state index in [1.165, 1.54) is 37.8 Å². The van der Waals surface area contributed by atoms with Crippen LogP contribution in [-0.2, 0) is 13.5 Å². The molecule has 1 aromatic heterocycles. The van der Waals surface area contributed by atoms with Gasteiger partial charge in [-0.05, 0) is 44.7 Å². The number of aromatic nitrogens is 2. The Morgan fingerprint density at radius 1 is 1.37 bits per heavy atom. The molecule has 3 nitrogen and oxygen atoms in total. The van der Waals surface area contributed by atoms with Crippen molar-refractivity contribution >= 4 is 0 Å². The van der Waals surface area contributed by atoms with Crippen molar-refractivity contribution in [3.8, 4) is 0 Å². The van der Waals surface area contributed by atoms with E-state index in [1.54, 1.807) is 0 Å². The summed E-state index contributed by atoms with van der Waals surface area (Å²) in [6.07, 6.45) is 8.09.